The van der Waals surface area contributed by atoms with Crippen LogP contribution in [0.25, 0.3) is 5.78 Å². The molecule has 1 aliphatic rings. The van der Waals surface area contributed by atoms with Gasteiger partial charge in [0.2, 0.25) is 5.91 Å². The predicted octanol–water partition coefficient (Wildman–Crippen LogP) is 2.92. The summed E-state index contributed by atoms with van der Waals surface area (Å²) in [4.78, 5) is 23.7. The molecule has 3 aromatic rings. The molecule has 29 heavy (non-hydrogen) atoms. The summed E-state index contributed by atoms with van der Waals surface area (Å²) in [5.41, 5.74) is 3.92. The fourth-order valence-corrected chi connectivity index (χ4v) is 4.18. The Morgan fingerprint density at radius 3 is 2.90 bits per heavy atom. The number of hydrogen-bond donors (Lipinski definition) is 1. The number of aryl methyl sites for hydroxylation is 2. The van der Waals surface area contributed by atoms with Gasteiger partial charge in [0, 0.05) is 42.5 Å². The first-order valence-corrected chi connectivity index (χ1v) is 9.84. The average Bonchev–Trinajstić information content (AvgIpc) is 3.16. The molecule has 9 heteroatoms. The highest BCUT2D eigenvalue weighted by Gasteiger charge is 2.29. The van der Waals surface area contributed by atoms with E-state index in [4.69, 9.17) is 11.6 Å². The summed E-state index contributed by atoms with van der Waals surface area (Å²) in [6.45, 7) is 6.12. The topological polar surface area (TPSA) is 75.4 Å². The second-order valence-electron chi connectivity index (χ2n) is 7.06. The van der Waals surface area contributed by atoms with Crippen LogP contribution in [0.5, 0.6) is 0 Å². The third-order valence-corrected chi connectivity index (χ3v) is 5.75. The maximum Gasteiger partial charge on any atom is 0.252 e. The van der Waals surface area contributed by atoms with Gasteiger partial charge in [0.1, 0.15) is 6.33 Å². The molecule has 154 valence electrons. The number of carbonyl (C=O) groups is 1. The van der Waals surface area contributed by atoms with Crippen LogP contribution in [0.3, 0.4) is 0 Å². The van der Waals surface area contributed by atoms with Gasteiger partial charge in [-0.15, -0.1) is 12.4 Å². The Hall–Kier alpha value is -2.22. The molecule has 1 aliphatic heterocycles. The Kier molecular flexibility index (Phi) is 6.72. The van der Waals surface area contributed by atoms with E-state index in [0.717, 1.165) is 29.1 Å². The van der Waals surface area contributed by atoms with E-state index in [1.54, 1.807) is 4.52 Å². The zero-order chi connectivity index (χ0) is 19.7. The number of piperazine rings is 1. The first-order chi connectivity index (χ1) is 13.6. The van der Waals surface area contributed by atoms with Crippen molar-refractivity contribution in [3.05, 3.63) is 58.1 Å². The van der Waals surface area contributed by atoms with E-state index in [9.17, 15) is 4.79 Å². The second-order valence-corrected chi connectivity index (χ2v) is 7.47. The van der Waals surface area contributed by atoms with Gasteiger partial charge in [0.25, 0.3) is 5.78 Å². The van der Waals surface area contributed by atoms with E-state index in [1.165, 1.54) is 6.33 Å². The van der Waals surface area contributed by atoms with Gasteiger partial charge in [-0.2, -0.15) is 10.1 Å². The van der Waals surface area contributed by atoms with Crippen molar-refractivity contribution in [3.63, 3.8) is 0 Å². The third-order valence-electron chi connectivity index (χ3n) is 5.41. The van der Waals surface area contributed by atoms with Gasteiger partial charge in [0.05, 0.1) is 6.04 Å². The molecular weight excluding hydrogens is 411 g/mol. The number of amides is 1. The van der Waals surface area contributed by atoms with Crippen LogP contribution in [0, 0.1) is 13.8 Å². The summed E-state index contributed by atoms with van der Waals surface area (Å²) in [5, 5.41) is 8.29. The molecule has 1 atom stereocenters. The van der Waals surface area contributed by atoms with Crippen LogP contribution in [0.15, 0.2) is 30.6 Å². The lowest BCUT2D eigenvalue weighted by Crippen LogP contribution is -2.48. The van der Waals surface area contributed by atoms with E-state index in [-0.39, 0.29) is 24.4 Å². The SMILES string of the molecule is Cc1nc2ncnn2c(C)c1CCC(=O)N1CCNCC1c1ccccc1Cl.Cl. The molecule has 1 saturated heterocycles. The molecule has 1 unspecified atom stereocenters. The lowest BCUT2D eigenvalue weighted by molar-refractivity contribution is -0.134. The normalized spacial score (nSPS) is 16.7. The summed E-state index contributed by atoms with van der Waals surface area (Å²) in [6, 6.07) is 7.70. The zero-order valence-corrected chi connectivity index (χ0v) is 18.0. The monoisotopic (exact) mass is 434 g/mol. The summed E-state index contributed by atoms with van der Waals surface area (Å²) >= 11 is 6.40. The maximum absolute atomic E-state index is 13.1. The minimum absolute atomic E-state index is 0. The first-order valence-electron chi connectivity index (χ1n) is 9.46. The molecule has 1 fully saturated rings. The number of benzene rings is 1. The van der Waals surface area contributed by atoms with E-state index in [2.05, 4.69) is 20.4 Å². The summed E-state index contributed by atoms with van der Waals surface area (Å²) in [7, 11) is 0. The van der Waals surface area contributed by atoms with Gasteiger partial charge in [-0.25, -0.2) is 9.50 Å². The number of carbonyl (C=O) groups excluding carboxylic acids is 1. The van der Waals surface area contributed by atoms with Gasteiger partial charge in [0.15, 0.2) is 0 Å². The van der Waals surface area contributed by atoms with Crippen LogP contribution < -0.4 is 5.32 Å². The number of rotatable bonds is 4. The van der Waals surface area contributed by atoms with E-state index >= 15 is 0 Å². The van der Waals surface area contributed by atoms with E-state index in [0.29, 0.717) is 36.7 Å². The lowest BCUT2D eigenvalue weighted by atomic mass is 10.0. The summed E-state index contributed by atoms with van der Waals surface area (Å²) in [5.74, 6) is 0.717. The Morgan fingerprint density at radius 1 is 1.31 bits per heavy atom. The Labute approximate surface area is 180 Å². The van der Waals surface area contributed by atoms with Gasteiger partial charge in [-0.05, 0) is 37.5 Å². The van der Waals surface area contributed by atoms with E-state index in [1.807, 2.05) is 43.0 Å². The average molecular weight is 435 g/mol. The van der Waals surface area contributed by atoms with Gasteiger partial charge >= 0.3 is 0 Å². The van der Waals surface area contributed by atoms with Crippen LogP contribution in [-0.2, 0) is 11.2 Å². The maximum atomic E-state index is 13.1. The number of hydrogen-bond acceptors (Lipinski definition) is 5. The van der Waals surface area contributed by atoms with Gasteiger partial charge < -0.3 is 10.2 Å². The van der Waals surface area contributed by atoms with Crippen LogP contribution >= 0.6 is 24.0 Å². The Morgan fingerprint density at radius 2 is 2.10 bits per heavy atom. The number of nitrogens with zero attached hydrogens (tertiary/aromatic N) is 5. The van der Waals surface area contributed by atoms with Crippen molar-refractivity contribution in [2.24, 2.45) is 0 Å². The Bertz CT molecular complexity index is 1020. The number of aromatic nitrogens is 4. The molecule has 1 aromatic carbocycles. The van der Waals surface area contributed by atoms with Crippen molar-refractivity contribution in [2.75, 3.05) is 19.6 Å². The highest BCUT2D eigenvalue weighted by molar-refractivity contribution is 6.31. The van der Waals surface area contributed by atoms with Crippen LogP contribution in [-0.4, -0.2) is 50.0 Å². The lowest BCUT2D eigenvalue weighted by Gasteiger charge is -2.37. The van der Waals surface area contributed by atoms with Crippen LogP contribution in [0.2, 0.25) is 5.02 Å². The van der Waals surface area contributed by atoms with Crippen molar-refractivity contribution < 1.29 is 4.79 Å². The fraction of sp³-hybridized carbons (Fsp3) is 0.400. The highest BCUT2D eigenvalue weighted by Crippen LogP contribution is 2.29. The predicted molar refractivity (Wildman–Crippen MR) is 115 cm³/mol. The molecule has 0 saturated carbocycles. The molecule has 0 aliphatic carbocycles. The largest absolute Gasteiger partial charge is 0.333 e. The summed E-state index contributed by atoms with van der Waals surface area (Å²) < 4.78 is 1.73. The van der Waals surface area contributed by atoms with Gasteiger partial charge in [-0.1, -0.05) is 29.8 Å². The van der Waals surface area contributed by atoms with Gasteiger partial charge in [-0.3, -0.25) is 4.79 Å². The minimum atomic E-state index is -0.0481. The van der Waals surface area contributed by atoms with Crippen molar-refractivity contribution in [2.45, 2.75) is 32.7 Å². The standard InChI is InChI=1S/C20H23ClN6O.ClH/c1-13-15(14(2)27-20(25-13)23-12-24-27)7-8-19(28)26-10-9-22-11-18(26)16-5-3-4-6-17(16)21;/h3-6,12,18,22H,7-11H2,1-2H3;1H. The molecule has 0 spiro atoms. The second kappa shape index (κ2) is 9.07. The minimum Gasteiger partial charge on any atom is -0.333 e. The third kappa shape index (κ3) is 4.22. The van der Waals surface area contributed by atoms with Crippen molar-refractivity contribution in [1.29, 1.82) is 0 Å². The quantitative estimate of drug-likeness (QED) is 0.682. The fourth-order valence-electron chi connectivity index (χ4n) is 3.92. The van der Waals surface area contributed by atoms with Crippen LogP contribution in [0.4, 0.5) is 0 Å². The molecule has 1 amide bonds. The molecular formula is C20H24Cl2N6O. The molecule has 1 N–H and O–H groups in total. The van der Waals surface area contributed by atoms with Crippen LogP contribution in [0.1, 0.15) is 35.0 Å². The molecule has 0 radical (unpaired) electrons. The Balaban J connectivity index is 0.00000240. The van der Waals surface area contributed by atoms with Crippen molar-refractivity contribution in [1.82, 2.24) is 29.8 Å². The molecule has 7 nitrogen and oxygen atoms in total. The van der Waals surface area contributed by atoms with Crippen molar-refractivity contribution >= 4 is 35.7 Å². The van der Waals surface area contributed by atoms with E-state index < -0.39 is 0 Å². The number of nitrogens with one attached hydrogen (secondary N) is 1. The summed E-state index contributed by atoms with van der Waals surface area (Å²) in [6.07, 6.45) is 2.54. The zero-order valence-electron chi connectivity index (χ0n) is 16.4. The molecule has 0 bridgehead atoms. The number of halogens is 2. The first kappa shape index (κ1) is 21.5. The molecule has 3 heterocycles. The van der Waals surface area contributed by atoms with Crippen molar-refractivity contribution in [3.8, 4) is 0 Å². The smallest absolute Gasteiger partial charge is 0.252 e. The highest BCUT2D eigenvalue weighted by atomic mass is 35.5. The molecule has 2 aromatic heterocycles. The number of fused-ring (bicyclic) bond motifs is 1. The molecule has 4 rings (SSSR count).